The van der Waals surface area contributed by atoms with Crippen molar-refractivity contribution in [2.75, 3.05) is 38.3 Å². The Hall–Kier alpha value is -3.07. The molecule has 34 heavy (non-hydrogen) atoms. The van der Waals surface area contributed by atoms with Gasteiger partial charge in [0.2, 0.25) is 5.91 Å². The molecule has 3 aromatic carbocycles. The van der Waals surface area contributed by atoms with Crippen molar-refractivity contribution >= 4 is 42.4 Å². The fraction of sp³-hybridized carbons (Fsp3) is 0.231. The molecule has 1 heterocycles. The molecular formula is C26H27N3O3S2. The van der Waals surface area contributed by atoms with Crippen molar-refractivity contribution in [3.8, 4) is 11.1 Å². The molecule has 176 valence electrons. The summed E-state index contributed by atoms with van der Waals surface area (Å²) in [5, 5.41) is 0.577. The van der Waals surface area contributed by atoms with E-state index in [9.17, 15) is 13.2 Å². The molecule has 0 bridgehead atoms. The number of likely N-dealkylation sites (N-methyl/N-ethyl adjacent to an activating group) is 1. The van der Waals surface area contributed by atoms with Gasteiger partial charge in [-0.3, -0.25) is 9.69 Å². The lowest BCUT2D eigenvalue weighted by Gasteiger charge is -2.22. The molecule has 0 aliphatic heterocycles. The quantitative estimate of drug-likeness (QED) is 0.361. The van der Waals surface area contributed by atoms with Crippen LogP contribution in [0.1, 0.15) is 5.56 Å². The predicted octanol–water partition coefficient (Wildman–Crippen LogP) is 4.50. The lowest BCUT2D eigenvalue weighted by Crippen LogP contribution is -2.37. The first-order chi connectivity index (χ1) is 16.2. The summed E-state index contributed by atoms with van der Waals surface area (Å²) in [5.41, 5.74) is 3.85. The minimum Gasteiger partial charge on any atom is -0.308 e. The molecule has 0 fully saturated rings. The highest BCUT2D eigenvalue weighted by atomic mass is 32.2. The monoisotopic (exact) mass is 493 g/mol. The number of carbonyl (C=O) groups excluding carboxylic acids is 1. The van der Waals surface area contributed by atoms with E-state index < -0.39 is 9.84 Å². The van der Waals surface area contributed by atoms with Gasteiger partial charge in [-0.05, 0) is 49.0 Å². The number of thiazole rings is 1. The summed E-state index contributed by atoms with van der Waals surface area (Å²) in [7, 11) is 0.604. The third kappa shape index (κ3) is 5.70. The standard InChI is InChI=1S/C26H27N3O3S2/c1-28(2)15-16-29(26-27-23-14-13-22(34(3,31)32)18-24(23)33-26)25(30)17-19-9-11-21(12-10-19)20-7-5-4-6-8-20/h4-14,18H,15-17H2,1-3H3. The molecular weight excluding hydrogens is 466 g/mol. The maximum Gasteiger partial charge on any atom is 0.233 e. The summed E-state index contributed by atoms with van der Waals surface area (Å²) in [5.74, 6) is -0.0447. The van der Waals surface area contributed by atoms with Crippen LogP contribution in [-0.2, 0) is 21.1 Å². The summed E-state index contributed by atoms with van der Waals surface area (Å²) in [6.07, 6.45) is 1.44. The number of hydrogen-bond donors (Lipinski definition) is 0. The zero-order valence-corrected chi connectivity index (χ0v) is 21.1. The lowest BCUT2D eigenvalue weighted by molar-refractivity contribution is -0.118. The van der Waals surface area contributed by atoms with Gasteiger partial charge >= 0.3 is 0 Å². The Bertz CT molecular complexity index is 1400. The van der Waals surface area contributed by atoms with E-state index in [1.807, 2.05) is 61.5 Å². The highest BCUT2D eigenvalue weighted by molar-refractivity contribution is 7.90. The molecule has 1 amide bonds. The van der Waals surface area contributed by atoms with Gasteiger partial charge in [0.15, 0.2) is 15.0 Å². The first-order valence-corrected chi connectivity index (χ1v) is 13.6. The number of fused-ring (bicyclic) bond motifs is 1. The number of amides is 1. The molecule has 6 nitrogen and oxygen atoms in total. The number of hydrogen-bond acceptors (Lipinski definition) is 6. The van der Waals surface area contributed by atoms with E-state index in [2.05, 4.69) is 17.1 Å². The number of aromatic nitrogens is 1. The van der Waals surface area contributed by atoms with Crippen LogP contribution in [0, 0.1) is 0 Å². The SMILES string of the molecule is CN(C)CCN(C(=O)Cc1ccc(-c2ccccc2)cc1)c1nc2ccc(S(C)(=O)=O)cc2s1. The fourth-order valence-electron chi connectivity index (χ4n) is 3.58. The van der Waals surface area contributed by atoms with Gasteiger partial charge in [-0.1, -0.05) is 65.9 Å². The molecule has 4 rings (SSSR count). The van der Waals surface area contributed by atoms with Gasteiger partial charge in [0, 0.05) is 19.3 Å². The van der Waals surface area contributed by atoms with Crippen LogP contribution in [0.5, 0.6) is 0 Å². The molecule has 0 saturated heterocycles. The average Bonchev–Trinajstić information content (AvgIpc) is 3.22. The van der Waals surface area contributed by atoms with E-state index in [1.54, 1.807) is 23.1 Å². The van der Waals surface area contributed by atoms with Crippen LogP contribution < -0.4 is 4.90 Å². The molecule has 0 aliphatic carbocycles. The molecule has 0 N–H and O–H groups in total. The first kappa shape index (κ1) is 24.1. The van der Waals surface area contributed by atoms with Crippen molar-refractivity contribution in [2.24, 2.45) is 0 Å². The van der Waals surface area contributed by atoms with Crippen LogP contribution in [0.4, 0.5) is 5.13 Å². The van der Waals surface area contributed by atoms with Crippen molar-refractivity contribution in [2.45, 2.75) is 11.3 Å². The maximum absolute atomic E-state index is 13.4. The van der Waals surface area contributed by atoms with E-state index in [0.717, 1.165) is 21.4 Å². The fourth-order valence-corrected chi connectivity index (χ4v) is 5.35. The molecule has 0 aliphatic rings. The molecule has 8 heteroatoms. The molecule has 0 unspecified atom stereocenters. The highest BCUT2D eigenvalue weighted by Gasteiger charge is 2.21. The Labute approximate surface area is 204 Å². The normalized spacial score (nSPS) is 11.8. The number of carbonyl (C=O) groups is 1. The van der Waals surface area contributed by atoms with Crippen molar-refractivity contribution in [1.29, 1.82) is 0 Å². The van der Waals surface area contributed by atoms with Crippen LogP contribution in [0.25, 0.3) is 21.3 Å². The van der Waals surface area contributed by atoms with Gasteiger partial charge < -0.3 is 4.90 Å². The summed E-state index contributed by atoms with van der Waals surface area (Å²) in [6.45, 7) is 1.18. The Kier molecular flexibility index (Phi) is 7.11. The van der Waals surface area contributed by atoms with Crippen LogP contribution in [-0.4, -0.2) is 57.6 Å². The predicted molar refractivity (Wildman–Crippen MR) is 139 cm³/mol. The van der Waals surface area contributed by atoms with Gasteiger partial charge in [0.1, 0.15) is 0 Å². The van der Waals surface area contributed by atoms with Crippen molar-refractivity contribution in [1.82, 2.24) is 9.88 Å². The van der Waals surface area contributed by atoms with E-state index in [0.29, 0.717) is 23.7 Å². The van der Waals surface area contributed by atoms with Crippen molar-refractivity contribution in [3.63, 3.8) is 0 Å². The number of rotatable bonds is 8. The molecule has 0 atom stereocenters. The molecule has 1 aromatic heterocycles. The second kappa shape index (κ2) is 10.0. The topological polar surface area (TPSA) is 70.6 Å². The Morgan fingerprint density at radius 2 is 1.59 bits per heavy atom. The maximum atomic E-state index is 13.4. The summed E-state index contributed by atoms with van der Waals surface area (Å²) < 4.78 is 24.6. The number of benzene rings is 3. The van der Waals surface area contributed by atoms with Crippen molar-refractivity contribution < 1.29 is 13.2 Å². The Morgan fingerprint density at radius 3 is 2.24 bits per heavy atom. The lowest BCUT2D eigenvalue weighted by atomic mass is 10.0. The summed E-state index contributed by atoms with van der Waals surface area (Å²) >= 11 is 1.34. The van der Waals surface area contributed by atoms with Gasteiger partial charge in [-0.15, -0.1) is 0 Å². The second-order valence-electron chi connectivity index (χ2n) is 8.49. The molecule has 0 spiro atoms. The third-order valence-corrected chi connectivity index (χ3v) is 7.65. The zero-order chi connectivity index (χ0) is 24.3. The third-order valence-electron chi connectivity index (χ3n) is 5.50. The largest absolute Gasteiger partial charge is 0.308 e. The Morgan fingerprint density at radius 1 is 0.912 bits per heavy atom. The number of anilines is 1. The summed E-state index contributed by atoms with van der Waals surface area (Å²) in [4.78, 5) is 22.0. The van der Waals surface area contributed by atoms with Gasteiger partial charge in [-0.25, -0.2) is 13.4 Å². The van der Waals surface area contributed by atoms with Crippen LogP contribution in [0.2, 0.25) is 0 Å². The minimum atomic E-state index is -3.32. The van der Waals surface area contributed by atoms with Crippen molar-refractivity contribution in [3.05, 3.63) is 78.4 Å². The highest BCUT2D eigenvalue weighted by Crippen LogP contribution is 2.31. The van der Waals surface area contributed by atoms with Crippen LogP contribution in [0.3, 0.4) is 0 Å². The smallest absolute Gasteiger partial charge is 0.233 e. The van der Waals surface area contributed by atoms with Crippen LogP contribution >= 0.6 is 11.3 Å². The number of sulfone groups is 1. The van der Waals surface area contributed by atoms with E-state index in [1.165, 1.54) is 17.6 Å². The van der Waals surface area contributed by atoms with E-state index in [4.69, 9.17) is 0 Å². The zero-order valence-electron chi connectivity index (χ0n) is 19.4. The van der Waals surface area contributed by atoms with Gasteiger partial charge in [0.05, 0.1) is 21.5 Å². The molecule has 0 saturated carbocycles. The van der Waals surface area contributed by atoms with Gasteiger partial charge in [-0.2, -0.15) is 0 Å². The average molecular weight is 494 g/mol. The minimum absolute atomic E-state index is 0.0447. The molecule has 0 radical (unpaired) electrons. The second-order valence-corrected chi connectivity index (χ2v) is 11.5. The summed E-state index contributed by atoms with van der Waals surface area (Å²) in [6, 6.07) is 23.0. The Balaban J connectivity index is 1.58. The first-order valence-electron chi connectivity index (χ1n) is 10.9. The molecule has 4 aromatic rings. The van der Waals surface area contributed by atoms with Gasteiger partial charge in [0.25, 0.3) is 0 Å². The van der Waals surface area contributed by atoms with Crippen LogP contribution in [0.15, 0.2) is 77.7 Å². The number of nitrogens with zero attached hydrogens (tertiary/aromatic N) is 3. The van der Waals surface area contributed by atoms with E-state index in [-0.39, 0.29) is 17.2 Å². The van der Waals surface area contributed by atoms with E-state index >= 15 is 0 Å².